The first kappa shape index (κ1) is 13.5. The first-order chi connectivity index (χ1) is 9.19. The van der Waals surface area contributed by atoms with Crippen molar-refractivity contribution in [3.63, 3.8) is 0 Å². The number of carbonyl (C=O) groups excluding carboxylic acids is 2. The van der Waals surface area contributed by atoms with Crippen molar-refractivity contribution in [3.8, 4) is 0 Å². The highest BCUT2D eigenvalue weighted by molar-refractivity contribution is 5.94. The second-order valence-corrected chi connectivity index (χ2v) is 4.70. The van der Waals surface area contributed by atoms with Crippen LogP contribution in [0.4, 0.5) is 5.69 Å². The number of hydrogen-bond donors (Lipinski definition) is 2. The van der Waals surface area contributed by atoms with Gasteiger partial charge in [-0.05, 0) is 31.2 Å². The summed E-state index contributed by atoms with van der Waals surface area (Å²) in [6.07, 6.45) is 1.41. The summed E-state index contributed by atoms with van der Waals surface area (Å²) < 4.78 is 0. The molecule has 5 heteroatoms. The van der Waals surface area contributed by atoms with Gasteiger partial charge in [-0.15, -0.1) is 0 Å². The maximum atomic E-state index is 11.9. The Hall–Kier alpha value is -1.88. The Bertz CT molecular complexity index is 474. The normalized spacial score (nSPS) is 14.8. The maximum absolute atomic E-state index is 11.9. The quantitative estimate of drug-likeness (QED) is 0.830. The molecule has 2 rings (SSSR count). The van der Waals surface area contributed by atoms with Crippen molar-refractivity contribution in [1.82, 2.24) is 10.2 Å². The van der Waals surface area contributed by atoms with Crippen LogP contribution >= 0.6 is 0 Å². The minimum Gasteiger partial charge on any atom is -0.333 e. The van der Waals surface area contributed by atoms with E-state index in [0.717, 1.165) is 24.2 Å². The molecule has 0 saturated carbocycles. The SMILES string of the molecule is CNCc1cccc(NC(=O)CN2CCCC2=O)c1. The first-order valence-electron chi connectivity index (χ1n) is 6.50. The molecule has 0 unspecified atom stereocenters. The van der Waals surface area contributed by atoms with E-state index >= 15 is 0 Å². The van der Waals surface area contributed by atoms with Gasteiger partial charge in [-0.3, -0.25) is 9.59 Å². The molecule has 1 heterocycles. The molecule has 0 aromatic heterocycles. The molecular weight excluding hydrogens is 242 g/mol. The molecule has 0 spiro atoms. The summed E-state index contributed by atoms with van der Waals surface area (Å²) in [4.78, 5) is 24.9. The molecule has 1 aromatic carbocycles. The number of nitrogens with zero attached hydrogens (tertiary/aromatic N) is 1. The van der Waals surface area contributed by atoms with E-state index < -0.39 is 0 Å². The summed E-state index contributed by atoms with van der Waals surface area (Å²) in [6.45, 7) is 1.59. The summed E-state index contributed by atoms with van der Waals surface area (Å²) >= 11 is 0. The van der Waals surface area contributed by atoms with Gasteiger partial charge in [0.25, 0.3) is 0 Å². The van der Waals surface area contributed by atoms with E-state index in [0.29, 0.717) is 13.0 Å². The Morgan fingerprint density at radius 2 is 2.26 bits per heavy atom. The third-order valence-corrected chi connectivity index (χ3v) is 3.10. The lowest BCUT2D eigenvalue weighted by atomic mass is 10.2. The van der Waals surface area contributed by atoms with E-state index in [-0.39, 0.29) is 18.4 Å². The Morgan fingerprint density at radius 1 is 1.42 bits per heavy atom. The van der Waals surface area contributed by atoms with Gasteiger partial charge in [0.2, 0.25) is 11.8 Å². The molecule has 1 fully saturated rings. The zero-order valence-corrected chi connectivity index (χ0v) is 11.1. The van der Waals surface area contributed by atoms with Gasteiger partial charge in [-0.2, -0.15) is 0 Å². The Labute approximate surface area is 113 Å². The van der Waals surface area contributed by atoms with Crippen LogP contribution in [-0.4, -0.2) is 36.9 Å². The molecule has 1 aliphatic heterocycles. The Morgan fingerprint density at radius 3 is 2.95 bits per heavy atom. The fourth-order valence-corrected chi connectivity index (χ4v) is 2.21. The highest BCUT2D eigenvalue weighted by atomic mass is 16.2. The van der Waals surface area contributed by atoms with Crippen LogP contribution in [0.3, 0.4) is 0 Å². The van der Waals surface area contributed by atoms with Crippen molar-refractivity contribution in [2.24, 2.45) is 0 Å². The Kier molecular flexibility index (Phi) is 4.52. The molecule has 0 bridgehead atoms. The van der Waals surface area contributed by atoms with Gasteiger partial charge in [0.15, 0.2) is 0 Å². The number of hydrogen-bond acceptors (Lipinski definition) is 3. The van der Waals surface area contributed by atoms with Crippen LogP contribution in [0.15, 0.2) is 24.3 Å². The summed E-state index contributed by atoms with van der Waals surface area (Å²) in [5.74, 6) is -0.0732. The van der Waals surface area contributed by atoms with Gasteiger partial charge in [-0.25, -0.2) is 0 Å². The number of amides is 2. The van der Waals surface area contributed by atoms with Crippen molar-refractivity contribution in [2.75, 3.05) is 25.5 Å². The van der Waals surface area contributed by atoms with E-state index in [4.69, 9.17) is 0 Å². The van der Waals surface area contributed by atoms with Crippen molar-refractivity contribution in [3.05, 3.63) is 29.8 Å². The predicted octanol–water partition coefficient (Wildman–Crippen LogP) is 0.967. The van der Waals surface area contributed by atoms with Crippen molar-refractivity contribution in [1.29, 1.82) is 0 Å². The Balaban J connectivity index is 1.91. The fourth-order valence-electron chi connectivity index (χ4n) is 2.21. The standard InChI is InChI=1S/C14H19N3O2/c1-15-9-11-4-2-5-12(8-11)16-13(18)10-17-7-3-6-14(17)19/h2,4-5,8,15H,3,6-7,9-10H2,1H3,(H,16,18). The molecule has 1 saturated heterocycles. The van der Waals surface area contributed by atoms with E-state index in [1.807, 2.05) is 31.3 Å². The molecule has 2 N–H and O–H groups in total. The molecule has 1 aromatic rings. The number of anilines is 1. The molecule has 102 valence electrons. The topological polar surface area (TPSA) is 61.4 Å². The van der Waals surface area contributed by atoms with E-state index in [1.165, 1.54) is 0 Å². The zero-order valence-electron chi connectivity index (χ0n) is 11.1. The number of likely N-dealkylation sites (tertiary alicyclic amines) is 1. The van der Waals surface area contributed by atoms with Crippen LogP contribution in [0.25, 0.3) is 0 Å². The van der Waals surface area contributed by atoms with Crippen molar-refractivity contribution < 1.29 is 9.59 Å². The molecular formula is C14H19N3O2. The highest BCUT2D eigenvalue weighted by Gasteiger charge is 2.22. The third-order valence-electron chi connectivity index (χ3n) is 3.10. The van der Waals surface area contributed by atoms with Gasteiger partial charge < -0.3 is 15.5 Å². The van der Waals surface area contributed by atoms with Crippen LogP contribution in [0.5, 0.6) is 0 Å². The van der Waals surface area contributed by atoms with Crippen LogP contribution in [-0.2, 0) is 16.1 Å². The average molecular weight is 261 g/mol. The van der Waals surface area contributed by atoms with Crippen LogP contribution in [0, 0.1) is 0 Å². The third kappa shape index (κ3) is 3.79. The highest BCUT2D eigenvalue weighted by Crippen LogP contribution is 2.12. The second-order valence-electron chi connectivity index (χ2n) is 4.70. The molecule has 0 atom stereocenters. The van der Waals surface area contributed by atoms with Gasteiger partial charge >= 0.3 is 0 Å². The average Bonchev–Trinajstić information content (AvgIpc) is 2.76. The van der Waals surface area contributed by atoms with E-state index in [2.05, 4.69) is 10.6 Å². The lowest BCUT2D eigenvalue weighted by molar-refractivity contribution is -0.131. The number of rotatable bonds is 5. The number of benzene rings is 1. The summed E-state index contributed by atoms with van der Waals surface area (Å²) in [5, 5.41) is 5.89. The smallest absolute Gasteiger partial charge is 0.243 e. The molecule has 19 heavy (non-hydrogen) atoms. The second kappa shape index (κ2) is 6.33. The summed E-state index contributed by atoms with van der Waals surface area (Å²) in [7, 11) is 1.88. The van der Waals surface area contributed by atoms with Gasteiger partial charge in [0.05, 0.1) is 6.54 Å². The lowest BCUT2D eigenvalue weighted by Crippen LogP contribution is -2.33. The van der Waals surface area contributed by atoms with Gasteiger partial charge in [0.1, 0.15) is 0 Å². The largest absolute Gasteiger partial charge is 0.333 e. The van der Waals surface area contributed by atoms with Crippen LogP contribution in [0.1, 0.15) is 18.4 Å². The monoisotopic (exact) mass is 261 g/mol. The van der Waals surface area contributed by atoms with E-state index in [9.17, 15) is 9.59 Å². The lowest BCUT2D eigenvalue weighted by Gasteiger charge is -2.15. The summed E-state index contributed by atoms with van der Waals surface area (Å²) in [6, 6.07) is 7.68. The predicted molar refractivity (Wildman–Crippen MR) is 73.6 cm³/mol. The molecule has 2 amide bonds. The van der Waals surface area contributed by atoms with Crippen molar-refractivity contribution >= 4 is 17.5 Å². The molecule has 0 radical (unpaired) electrons. The van der Waals surface area contributed by atoms with Gasteiger partial charge in [0, 0.05) is 25.2 Å². The summed E-state index contributed by atoms with van der Waals surface area (Å²) in [5.41, 5.74) is 1.88. The zero-order chi connectivity index (χ0) is 13.7. The van der Waals surface area contributed by atoms with Crippen LogP contribution in [0.2, 0.25) is 0 Å². The number of carbonyl (C=O) groups is 2. The molecule has 1 aliphatic rings. The minimum atomic E-state index is -0.142. The fraction of sp³-hybridized carbons (Fsp3) is 0.429. The minimum absolute atomic E-state index is 0.0686. The van der Waals surface area contributed by atoms with Crippen molar-refractivity contribution in [2.45, 2.75) is 19.4 Å². The van der Waals surface area contributed by atoms with E-state index in [1.54, 1.807) is 4.90 Å². The maximum Gasteiger partial charge on any atom is 0.243 e. The first-order valence-corrected chi connectivity index (χ1v) is 6.50. The van der Waals surface area contributed by atoms with Crippen LogP contribution < -0.4 is 10.6 Å². The number of nitrogens with one attached hydrogen (secondary N) is 2. The molecule has 0 aliphatic carbocycles. The van der Waals surface area contributed by atoms with Gasteiger partial charge in [-0.1, -0.05) is 12.1 Å². The molecule has 5 nitrogen and oxygen atoms in total.